The van der Waals surface area contributed by atoms with Crippen molar-refractivity contribution in [3.63, 3.8) is 0 Å². The first-order valence-electron chi connectivity index (χ1n) is 10.6. The number of hydrogen-bond donors (Lipinski definition) is 1. The van der Waals surface area contributed by atoms with Gasteiger partial charge >= 0.3 is 18.5 Å². The molecular formula is C23H20ClF9N2O. The quantitative estimate of drug-likeness (QED) is 0.405. The zero-order valence-electron chi connectivity index (χ0n) is 18.6. The average Bonchev–Trinajstić information content (AvgIpc) is 3.23. The van der Waals surface area contributed by atoms with Gasteiger partial charge in [-0.25, -0.2) is 0 Å². The highest BCUT2D eigenvalue weighted by Crippen LogP contribution is 2.50. The molecule has 0 spiro atoms. The number of amides is 1. The van der Waals surface area contributed by atoms with Crippen LogP contribution >= 0.6 is 11.6 Å². The van der Waals surface area contributed by atoms with Crippen molar-refractivity contribution in [3.8, 4) is 0 Å². The highest BCUT2D eigenvalue weighted by Gasteiger charge is 2.60. The Morgan fingerprint density at radius 2 is 1.56 bits per heavy atom. The van der Waals surface area contributed by atoms with Gasteiger partial charge in [0.1, 0.15) is 5.41 Å². The van der Waals surface area contributed by atoms with E-state index in [0.29, 0.717) is 5.56 Å². The molecule has 1 saturated heterocycles. The molecule has 1 aliphatic heterocycles. The molecule has 2 aromatic rings. The lowest BCUT2D eigenvalue weighted by molar-refractivity contribution is -0.185. The zero-order chi connectivity index (χ0) is 27.1. The summed E-state index contributed by atoms with van der Waals surface area (Å²) in [6, 6.07) is 4.33. The fourth-order valence-corrected chi connectivity index (χ4v) is 4.33. The standard InChI is InChI=1S/C23H20ClF9N2O/c1-2-19(36)34-11-13-3-4-17(10-18(13)24)35-6-5-20(12-35,23(31,32)33)14-7-15(21(25,26)27)9-16(8-14)22(28,29)30/h3-4,7-10H,2,5-6,11-12H2,1H3,(H,34,36). The summed E-state index contributed by atoms with van der Waals surface area (Å²) in [6.45, 7) is 0.516. The van der Waals surface area contributed by atoms with Crippen molar-refractivity contribution in [2.45, 2.75) is 50.3 Å². The Kier molecular flexibility index (Phi) is 7.51. The van der Waals surface area contributed by atoms with E-state index in [0.717, 1.165) is 0 Å². The van der Waals surface area contributed by atoms with Crippen molar-refractivity contribution < 1.29 is 44.3 Å². The van der Waals surface area contributed by atoms with Gasteiger partial charge in [0.25, 0.3) is 0 Å². The number of nitrogens with one attached hydrogen (secondary N) is 1. The number of carbonyl (C=O) groups excluding carboxylic acids is 1. The summed E-state index contributed by atoms with van der Waals surface area (Å²) in [6.07, 6.45) is -16.2. The van der Waals surface area contributed by atoms with Gasteiger partial charge in [0, 0.05) is 36.8 Å². The minimum Gasteiger partial charge on any atom is -0.370 e. The topological polar surface area (TPSA) is 32.3 Å². The van der Waals surface area contributed by atoms with Gasteiger partial charge in [0.15, 0.2) is 0 Å². The Labute approximate surface area is 205 Å². The first-order chi connectivity index (χ1) is 16.5. The number of nitrogens with zero attached hydrogens (tertiary/aromatic N) is 1. The van der Waals surface area contributed by atoms with Crippen LogP contribution < -0.4 is 10.2 Å². The van der Waals surface area contributed by atoms with E-state index in [1.807, 2.05) is 0 Å². The van der Waals surface area contributed by atoms with Crippen LogP contribution in [-0.2, 0) is 29.1 Å². The minimum absolute atomic E-state index is 0.0722. The lowest BCUT2D eigenvalue weighted by Crippen LogP contribution is -2.45. The predicted octanol–water partition coefficient (Wildman–Crippen LogP) is 7.11. The van der Waals surface area contributed by atoms with Gasteiger partial charge in [-0.3, -0.25) is 4.79 Å². The van der Waals surface area contributed by atoms with Crippen LogP contribution in [0.25, 0.3) is 0 Å². The van der Waals surface area contributed by atoms with Crippen LogP contribution in [0.1, 0.15) is 42.0 Å². The molecule has 13 heteroatoms. The molecule has 0 radical (unpaired) electrons. The molecule has 36 heavy (non-hydrogen) atoms. The number of hydrogen-bond acceptors (Lipinski definition) is 2. The first-order valence-corrected chi connectivity index (χ1v) is 11.0. The van der Waals surface area contributed by atoms with E-state index < -0.39 is 53.6 Å². The number of carbonyl (C=O) groups is 1. The van der Waals surface area contributed by atoms with Crippen LogP contribution in [0.3, 0.4) is 0 Å². The third kappa shape index (κ3) is 5.68. The average molecular weight is 547 g/mol. The SMILES string of the molecule is CCC(=O)NCc1ccc(N2CCC(c3cc(C(F)(F)F)cc(C(F)(F)F)c3)(C(F)(F)F)C2)cc1Cl. The molecule has 3 nitrogen and oxygen atoms in total. The van der Waals surface area contributed by atoms with Crippen LogP contribution in [0.2, 0.25) is 5.02 Å². The molecule has 2 aromatic carbocycles. The molecule has 1 aliphatic rings. The van der Waals surface area contributed by atoms with Crippen molar-refractivity contribution in [1.82, 2.24) is 5.32 Å². The highest BCUT2D eigenvalue weighted by atomic mass is 35.5. The molecule has 1 atom stereocenters. The summed E-state index contributed by atoms with van der Waals surface area (Å²) in [5, 5.41) is 2.73. The molecule has 1 fully saturated rings. The fourth-order valence-electron chi connectivity index (χ4n) is 4.09. The van der Waals surface area contributed by atoms with Gasteiger partial charge in [-0.05, 0) is 47.9 Å². The van der Waals surface area contributed by atoms with E-state index >= 15 is 0 Å². The maximum Gasteiger partial charge on any atom is 0.416 e. The van der Waals surface area contributed by atoms with Crippen LogP contribution in [-0.4, -0.2) is 25.2 Å². The lowest BCUT2D eigenvalue weighted by Gasteiger charge is -2.33. The van der Waals surface area contributed by atoms with E-state index in [2.05, 4.69) is 5.32 Å². The summed E-state index contributed by atoms with van der Waals surface area (Å²) in [7, 11) is 0. The highest BCUT2D eigenvalue weighted by molar-refractivity contribution is 6.31. The predicted molar refractivity (Wildman–Crippen MR) is 115 cm³/mol. The first kappa shape index (κ1) is 27.9. The van der Waals surface area contributed by atoms with Crippen LogP contribution in [0, 0.1) is 0 Å². The Morgan fingerprint density at radius 3 is 2.03 bits per heavy atom. The third-order valence-electron chi connectivity index (χ3n) is 6.15. The maximum atomic E-state index is 14.3. The van der Waals surface area contributed by atoms with Crippen molar-refractivity contribution in [1.29, 1.82) is 0 Å². The van der Waals surface area contributed by atoms with Crippen molar-refractivity contribution >= 4 is 23.2 Å². The molecule has 1 unspecified atom stereocenters. The van der Waals surface area contributed by atoms with Crippen molar-refractivity contribution in [2.75, 3.05) is 18.0 Å². The Hall–Kier alpha value is -2.63. The van der Waals surface area contributed by atoms with Gasteiger partial charge in [-0.1, -0.05) is 24.6 Å². The van der Waals surface area contributed by atoms with E-state index in [4.69, 9.17) is 11.6 Å². The molecule has 0 saturated carbocycles. The molecule has 1 amide bonds. The fraction of sp³-hybridized carbons (Fsp3) is 0.435. The van der Waals surface area contributed by atoms with Crippen molar-refractivity contribution in [2.24, 2.45) is 0 Å². The normalized spacial score (nSPS) is 19.0. The van der Waals surface area contributed by atoms with E-state index in [-0.39, 0.29) is 54.3 Å². The molecule has 0 aliphatic carbocycles. The Morgan fingerprint density at radius 1 is 0.972 bits per heavy atom. The summed E-state index contributed by atoms with van der Waals surface area (Å²) in [5.41, 5.74) is -7.01. The molecule has 198 valence electrons. The van der Waals surface area contributed by atoms with E-state index in [1.165, 1.54) is 23.1 Å². The summed E-state index contributed by atoms with van der Waals surface area (Å²) >= 11 is 6.20. The largest absolute Gasteiger partial charge is 0.416 e. The lowest BCUT2D eigenvalue weighted by atomic mass is 9.77. The summed E-state index contributed by atoms with van der Waals surface area (Å²) < 4.78 is 123. The van der Waals surface area contributed by atoms with E-state index in [9.17, 15) is 44.3 Å². The second kappa shape index (κ2) is 9.68. The van der Waals surface area contributed by atoms with Crippen LogP contribution in [0.15, 0.2) is 36.4 Å². The van der Waals surface area contributed by atoms with Crippen LogP contribution in [0.4, 0.5) is 45.2 Å². The van der Waals surface area contributed by atoms with Crippen LogP contribution in [0.5, 0.6) is 0 Å². The molecular weight excluding hydrogens is 527 g/mol. The third-order valence-corrected chi connectivity index (χ3v) is 6.50. The summed E-state index contributed by atoms with van der Waals surface area (Å²) in [4.78, 5) is 12.6. The smallest absolute Gasteiger partial charge is 0.370 e. The minimum atomic E-state index is -5.28. The van der Waals surface area contributed by atoms with Gasteiger partial charge in [-0.15, -0.1) is 0 Å². The number of rotatable bonds is 5. The monoisotopic (exact) mass is 546 g/mol. The number of benzene rings is 2. The number of halogens is 10. The maximum absolute atomic E-state index is 14.3. The molecule has 0 aromatic heterocycles. The zero-order valence-corrected chi connectivity index (χ0v) is 19.4. The Balaban J connectivity index is 2.01. The summed E-state index contributed by atoms with van der Waals surface area (Å²) in [5.74, 6) is -0.246. The van der Waals surface area contributed by atoms with Gasteiger partial charge in [-0.2, -0.15) is 39.5 Å². The number of anilines is 1. The molecule has 0 bridgehead atoms. The van der Waals surface area contributed by atoms with E-state index in [1.54, 1.807) is 6.92 Å². The van der Waals surface area contributed by atoms with Gasteiger partial charge in [0.05, 0.1) is 11.1 Å². The van der Waals surface area contributed by atoms with Gasteiger partial charge < -0.3 is 10.2 Å². The second-order valence-corrected chi connectivity index (χ2v) is 8.86. The van der Waals surface area contributed by atoms with Gasteiger partial charge in [0.2, 0.25) is 5.91 Å². The molecule has 1 heterocycles. The Bertz CT molecular complexity index is 1100. The number of alkyl halides is 9. The molecule has 1 N–H and O–H groups in total. The van der Waals surface area contributed by atoms with Crippen molar-refractivity contribution in [3.05, 3.63) is 63.7 Å². The molecule has 3 rings (SSSR count). The second-order valence-electron chi connectivity index (χ2n) is 8.45.